The maximum Gasteiger partial charge on any atom is 0.326 e. The Balaban J connectivity index is 1.79. The molecule has 7 nitrogen and oxygen atoms in total. The number of aromatic nitrogens is 2. The number of urea groups is 1. The van der Waals surface area contributed by atoms with E-state index in [-0.39, 0.29) is 12.5 Å². The number of carboxylic acids is 1. The fourth-order valence-corrected chi connectivity index (χ4v) is 1.73. The molecule has 98 valence electrons. The minimum Gasteiger partial charge on any atom is -0.480 e. The number of carbonyl (C=O) groups excluding carboxylic acids is 1. The number of rotatable bonds is 5. The van der Waals surface area contributed by atoms with E-state index in [0.29, 0.717) is 0 Å². The summed E-state index contributed by atoms with van der Waals surface area (Å²) >= 11 is 0. The Morgan fingerprint density at radius 1 is 1.61 bits per heavy atom. The average molecular weight is 252 g/mol. The first-order valence-electron chi connectivity index (χ1n) is 5.82. The van der Waals surface area contributed by atoms with Crippen LogP contribution in [0.25, 0.3) is 0 Å². The number of aliphatic carboxylic acids is 1. The summed E-state index contributed by atoms with van der Waals surface area (Å²) in [6.07, 6.45) is 3.49. The molecule has 1 fully saturated rings. The van der Waals surface area contributed by atoms with E-state index in [1.165, 1.54) is 0 Å². The molecular formula is C11H16N4O3. The van der Waals surface area contributed by atoms with Gasteiger partial charge in [0.1, 0.15) is 6.04 Å². The SMILES string of the molecule is Cn1ccc(CNC(=O)NC(C(=O)O)C2CC2)n1. The molecule has 0 saturated heterocycles. The van der Waals surface area contributed by atoms with Crippen LogP contribution in [0, 0.1) is 5.92 Å². The van der Waals surface area contributed by atoms with E-state index in [1.807, 2.05) is 0 Å². The quantitative estimate of drug-likeness (QED) is 0.691. The summed E-state index contributed by atoms with van der Waals surface area (Å²) in [5.41, 5.74) is 0.728. The van der Waals surface area contributed by atoms with Gasteiger partial charge < -0.3 is 15.7 Å². The van der Waals surface area contributed by atoms with E-state index in [9.17, 15) is 9.59 Å². The number of amides is 2. The van der Waals surface area contributed by atoms with Crippen LogP contribution in [0.5, 0.6) is 0 Å². The van der Waals surface area contributed by atoms with Gasteiger partial charge in [-0.1, -0.05) is 0 Å². The second-order valence-electron chi connectivity index (χ2n) is 4.46. The summed E-state index contributed by atoms with van der Waals surface area (Å²) in [6, 6.07) is 0.532. The van der Waals surface area contributed by atoms with Crippen LogP contribution in [0.1, 0.15) is 18.5 Å². The lowest BCUT2D eigenvalue weighted by Gasteiger charge is -2.13. The number of carboxylic acid groups (broad SMARTS) is 1. The van der Waals surface area contributed by atoms with Crippen molar-refractivity contribution in [3.8, 4) is 0 Å². The Bertz CT molecular complexity index is 453. The molecule has 1 heterocycles. The van der Waals surface area contributed by atoms with Gasteiger partial charge in [-0.3, -0.25) is 4.68 Å². The van der Waals surface area contributed by atoms with Crippen LogP contribution in [0.15, 0.2) is 12.3 Å². The molecular weight excluding hydrogens is 236 g/mol. The molecule has 0 aliphatic heterocycles. The first-order chi connectivity index (χ1) is 8.56. The number of nitrogens with one attached hydrogen (secondary N) is 2. The first kappa shape index (κ1) is 12.4. The predicted molar refractivity (Wildman–Crippen MR) is 62.7 cm³/mol. The zero-order valence-electron chi connectivity index (χ0n) is 10.1. The van der Waals surface area contributed by atoms with Gasteiger partial charge in [0.15, 0.2) is 0 Å². The molecule has 1 aliphatic carbocycles. The smallest absolute Gasteiger partial charge is 0.326 e. The minimum atomic E-state index is -0.981. The maximum absolute atomic E-state index is 11.6. The van der Waals surface area contributed by atoms with Crippen LogP contribution in [0.3, 0.4) is 0 Å². The summed E-state index contributed by atoms with van der Waals surface area (Å²) < 4.78 is 1.64. The minimum absolute atomic E-state index is 0.0723. The topological polar surface area (TPSA) is 96.2 Å². The lowest BCUT2D eigenvalue weighted by molar-refractivity contribution is -0.139. The van der Waals surface area contributed by atoms with Crippen molar-refractivity contribution in [2.45, 2.75) is 25.4 Å². The molecule has 1 unspecified atom stereocenters. The van der Waals surface area contributed by atoms with Gasteiger partial charge in [0.25, 0.3) is 0 Å². The number of nitrogens with zero attached hydrogens (tertiary/aromatic N) is 2. The van der Waals surface area contributed by atoms with Gasteiger partial charge in [-0.25, -0.2) is 9.59 Å². The molecule has 1 aromatic rings. The molecule has 0 bridgehead atoms. The first-order valence-corrected chi connectivity index (χ1v) is 5.82. The highest BCUT2D eigenvalue weighted by molar-refractivity contribution is 5.83. The van der Waals surface area contributed by atoms with Gasteiger partial charge >= 0.3 is 12.0 Å². The number of hydrogen-bond acceptors (Lipinski definition) is 3. The highest BCUT2D eigenvalue weighted by Gasteiger charge is 2.37. The Kier molecular flexibility index (Phi) is 3.50. The van der Waals surface area contributed by atoms with Gasteiger partial charge in [0, 0.05) is 13.2 Å². The summed E-state index contributed by atoms with van der Waals surface area (Å²) in [6.45, 7) is 0.281. The molecule has 1 aliphatic rings. The van der Waals surface area contributed by atoms with Crippen molar-refractivity contribution in [3.05, 3.63) is 18.0 Å². The van der Waals surface area contributed by atoms with E-state index < -0.39 is 18.0 Å². The molecule has 0 radical (unpaired) electrons. The van der Waals surface area contributed by atoms with E-state index >= 15 is 0 Å². The van der Waals surface area contributed by atoms with Gasteiger partial charge in [-0.2, -0.15) is 5.10 Å². The lowest BCUT2D eigenvalue weighted by Crippen LogP contribution is -2.47. The second-order valence-corrected chi connectivity index (χ2v) is 4.46. The van der Waals surface area contributed by atoms with Crippen LogP contribution < -0.4 is 10.6 Å². The van der Waals surface area contributed by atoms with Crippen molar-refractivity contribution >= 4 is 12.0 Å². The highest BCUT2D eigenvalue weighted by atomic mass is 16.4. The number of aryl methyl sites for hydroxylation is 1. The van der Waals surface area contributed by atoms with Crippen molar-refractivity contribution in [2.24, 2.45) is 13.0 Å². The summed E-state index contributed by atoms with van der Waals surface area (Å²) in [7, 11) is 1.79. The van der Waals surface area contributed by atoms with Crippen LogP contribution in [0.2, 0.25) is 0 Å². The third kappa shape index (κ3) is 3.22. The molecule has 0 spiro atoms. The van der Waals surface area contributed by atoms with E-state index in [1.54, 1.807) is 24.0 Å². The molecule has 2 rings (SSSR count). The van der Waals surface area contributed by atoms with Crippen LogP contribution in [0.4, 0.5) is 4.79 Å². The molecule has 18 heavy (non-hydrogen) atoms. The van der Waals surface area contributed by atoms with Gasteiger partial charge in [0.05, 0.1) is 12.2 Å². The molecule has 1 saturated carbocycles. The lowest BCUT2D eigenvalue weighted by atomic mass is 10.2. The Morgan fingerprint density at radius 2 is 2.33 bits per heavy atom. The van der Waals surface area contributed by atoms with Gasteiger partial charge in [-0.05, 0) is 24.8 Å². The van der Waals surface area contributed by atoms with Crippen molar-refractivity contribution in [1.82, 2.24) is 20.4 Å². The second kappa shape index (κ2) is 5.07. The summed E-state index contributed by atoms with van der Waals surface area (Å²) in [5, 5.41) is 18.1. The summed E-state index contributed by atoms with van der Waals surface area (Å²) in [4.78, 5) is 22.5. The normalized spacial score (nSPS) is 16.1. The standard InChI is InChI=1S/C11H16N4O3/c1-15-5-4-8(14-15)6-12-11(18)13-9(10(16)17)7-2-3-7/h4-5,7,9H,2-3,6H2,1H3,(H,16,17)(H2,12,13,18). The third-order valence-corrected chi connectivity index (χ3v) is 2.84. The molecule has 1 atom stereocenters. The van der Waals surface area contributed by atoms with Gasteiger partial charge in [-0.15, -0.1) is 0 Å². The van der Waals surface area contributed by atoms with Crippen LogP contribution in [-0.2, 0) is 18.4 Å². The van der Waals surface area contributed by atoms with E-state index in [2.05, 4.69) is 15.7 Å². The van der Waals surface area contributed by atoms with Crippen molar-refractivity contribution < 1.29 is 14.7 Å². The van der Waals surface area contributed by atoms with Crippen LogP contribution >= 0.6 is 0 Å². The fraction of sp³-hybridized carbons (Fsp3) is 0.545. The highest BCUT2D eigenvalue weighted by Crippen LogP contribution is 2.32. The molecule has 3 N–H and O–H groups in total. The number of carbonyl (C=O) groups is 2. The Hall–Kier alpha value is -2.05. The van der Waals surface area contributed by atoms with Gasteiger partial charge in [0.2, 0.25) is 0 Å². The van der Waals surface area contributed by atoms with E-state index in [0.717, 1.165) is 18.5 Å². The number of hydrogen-bond donors (Lipinski definition) is 3. The zero-order valence-corrected chi connectivity index (χ0v) is 10.1. The Labute approximate surface area is 104 Å². The predicted octanol–water partition coefficient (Wildman–Crippen LogP) is 0.0825. The molecule has 7 heteroatoms. The van der Waals surface area contributed by atoms with Crippen LogP contribution in [-0.4, -0.2) is 32.9 Å². The van der Waals surface area contributed by atoms with E-state index in [4.69, 9.17) is 5.11 Å². The maximum atomic E-state index is 11.6. The third-order valence-electron chi connectivity index (χ3n) is 2.84. The Morgan fingerprint density at radius 3 is 2.83 bits per heavy atom. The molecule has 2 amide bonds. The molecule has 0 aromatic carbocycles. The van der Waals surface area contributed by atoms with Crippen molar-refractivity contribution in [1.29, 1.82) is 0 Å². The zero-order chi connectivity index (χ0) is 13.1. The monoisotopic (exact) mass is 252 g/mol. The van der Waals surface area contributed by atoms with Crippen molar-refractivity contribution in [3.63, 3.8) is 0 Å². The fourth-order valence-electron chi connectivity index (χ4n) is 1.73. The summed E-state index contributed by atoms with van der Waals surface area (Å²) in [5.74, 6) is -0.909. The largest absolute Gasteiger partial charge is 0.480 e. The van der Waals surface area contributed by atoms with Crippen molar-refractivity contribution in [2.75, 3.05) is 0 Å². The average Bonchev–Trinajstić information content (AvgIpc) is 3.06. The molecule has 1 aromatic heterocycles.